The second-order valence-corrected chi connectivity index (χ2v) is 20.5. The Labute approximate surface area is 391 Å². The lowest BCUT2D eigenvalue weighted by atomic mass is 9.79. The lowest BCUT2D eigenvalue weighted by molar-refractivity contribution is -0.202. The van der Waals surface area contributed by atoms with Gasteiger partial charge < -0.3 is 34.1 Å². The van der Waals surface area contributed by atoms with Gasteiger partial charge in [-0.15, -0.1) is 0 Å². The Hall–Kier alpha value is -5.35. The molecule has 7 heterocycles. The summed E-state index contributed by atoms with van der Waals surface area (Å²) in [5.41, 5.74) is 1.51. The molecule has 5 aliphatic heterocycles. The van der Waals surface area contributed by atoms with Crippen LogP contribution in [0, 0.1) is 5.92 Å². The number of imidazole rings is 1. The second-order valence-electron chi connectivity index (χ2n) is 18.2. The molecule has 67 heavy (non-hydrogen) atoms. The summed E-state index contributed by atoms with van der Waals surface area (Å²) >= 11 is 0. The Bertz CT molecular complexity index is 2620. The van der Waals surface area contributed by atoms with Crippen LogP contribution >= 0.6 is 8.37 Å². The Morgan fingerprint density at radius 3 is 2.12 bits per heavy atom. The molecule has 0 aliphatic carbocycles. The van der Waals surface area contributed by atoms with Gasteiger partial charge >= 0.3 is 0 Å². The minimum absolute atomic E-state index is 0.0318. The van der Waals surface area contributed by atoms with Crippen molar-refractivity contribution in [2.75, 3.05) is 71.5 Å². The highest BCUT2D eigenvalue weighted by Crippen LogP contribution is 2.53. The Morgan fingerprint density at radius 1 is 0.806 bits per heavy atom. The van der Waals surface area contributed by atoms with E-state index in [4.69, 9.17) is 23.7 Å². The maximum Gasteiger partial charge on any atom is 0.256 e. The second kappa shape index (κ2) is 19.0. The van der Waals surface area contributed by atoms with Gasteiger partial charge in [0, 0.05) is 50.7 Å². The number of hydrogen-bond acceptors (Lipinski definition) is 13. The SMILES string of the molecule is COc1ccc(C(OCC23CO[C@@H]([C@H](n4cnc5c(NC(=O)c6ccccc6)ncnc54)O2)[C@@H]3O)(c2ccccc2)c2ccc(OCC3CCN(P(N4CCCC4)N4CCCC4)C3)cc2)cc1. The number of nitrogens with one attached hydrogen (secondary N) is 1. The van der Waals surface area contributed by atoms with Crippen molar-refractivity contribution >= 4 is 31.3 Å². The van der Waals surface area contributed by atoms with Crippen LogP contribution in [0.1, 0.15) is 65.4 Å². The number of amides is 1. The molecule has 11 rings (SSSR count). The fourth-order valence-electron chi connectivity index (χ4n) is 10.5. The van der Waals surface area contributed by atoms with Crippen LogP contribution in [0.15, 0.2) is 122 Å². The zero-order valence-corrected chi connectivity index (χ0v) is 38.6. The molecule has 348 valence electrons. The van der Waals surface area contributed by atoms with E-state index in [9.17, 15) is 9.90 Å². The van der Waals surface area contributed by atoms with E-state index in [0.29, 0.717) is 29.3 Å². The topological polar surface area (TPSA) is 149 Å². The van der Waals surface area contributed by atoms with E-state index < -0.39 is 38.0 Å². The summed E-state index contributed by atoms with van der Waals surface area (Å²) in [6.07, 6.45) is 6.73. The number of fused-ring (bicyclic) bond motifs is 3. The minimum atomic E-state index is -1.25. The van der Waals surface area contributed by atoms with Gasteiger partial charge in [0.05, 0.1) is 33.3 Å². The average Bonchev–Trinajstić information content (AvgIpc) is 4.27. The van der Waals surface area contributed by atoms with E-state index in [-0.39, 0.29) is 24.9 Å². The van der Waals surface area contributed by atoms with E-state index in [0.717, 1.165) is 47.7 Å². The van der Waals surface area contributed by atoms with E-state index in [2.05, 4.69) is 58.5 Å². The summed E-state index contributed by atoms with van der Waals surface area (Å²) in [6.45, 7) is 7.82. The number of benzene rings is 4. The van der Waals surface area contributed by atoms with E-state index >= 15 is 0 Å². The van der Waals surface area contributed by atoms with Crippen LogP contribution in [-0.4, -0.2) is 129 Å². The zero-order valence-electron chi connectivity index (χ0n) is 37.7. The highest BCUT2D eigenvalue weighted by Gasteiger charge is 2.63. The summed E-state index contributed by atoms with van der Waals surface area (Å²) in [5, 5.41) is 14.9. The monoisotopic (exact) mass is 924 g/mol. The Kier molecular flexibility index (Phi) is 12.5. The molecule has 15 nitrogen and oxygen atoms in total. The van der Waals surface area contributed by atoms with Crippen LogP contribution < -0.4 is 14.8 Å². The summed E-state index contributed by atoms with van der Waals surface area (Å²) in [4.78, 5) is 26.5. The number of carbonyl (C=O) groups is 1. The smallest absolute Gasteiger partial charge is 0.256 e. The Morgan fingerprint density at radius 2 is 1.45 bits per heavy atom. The van der Waals surface area contributed by atoms with Gasteiger partial charge in [0.2, 0.25) is 0 Å². The fourth-order valence-corrected chi connectivity index (χ4v) is 13.5. The van der Waals surface area contributed by atoms with Crippen molar-refractivity contribution < 1.29 is 33.6 Å². The van der Waals surface area contributed by atoms with Crippen molar-refractivity contribution in [2.45, 2.75) is 61.7 Å². The van der Waals surface area contributed by atoms with Crippen LogP contribution in [0.5, 0.6) is 11.5 Å². The molecule has 5 aliphatic rings. The maximum atomic E-state index is 13.1. The minimum Gasteiger partial charge on any atom is -0.497 e. The molecule has 4 aromatic carbocycles. The fraction of sp³-hybridized carbons (Fsp3) is 0.412. The molecule has 1 amide bonds. The molecule has 5 fully saturated rings. The number of rotatable bonds is 16. The molecular formula is C51H57N8O7P. The molecular weight excluding hydrogens is 868 g/mol. The first-order chi connectivity index (χ1) is 32.9. The van der Waals surface area contributed by atoms with Crippen LogP contribution in [0.25, 0.3) is 11.2 Å². The normalized spacial score (nSPS) is 25.3. The number of carbonyl (C=O) groups excluding carboxylic acids is 1. The average molecular weight is 925 g/mol. The van der Waals surface area contributed by atoms with Gasteiger partial charge in [-0.05, 0) is 85.2 Å². The third-order valence-electron chi connectivity index (χ3n) is 14.1. The maximum absolute atomic E-state index is 13.1. The third kappa shape index (κ3) is 8.39. The first-order valence-electron chi connectivity index (χ1n) is 23.6. The van der Waals surface area contributed by atoms with Gasteiger partial charge in [-0.1, -0.05) is 72.8 Å². The van der Waals surface area contributed by atoms with Crippen LogP contribution in [-0.2, 0) is 19.8 Å². The van der Waals surface area contributed by atoms with E-state index in [1.54, 1.807) is 42.3 Å². The predicted molar refractivity (Wildman–Crippen MR) is 254 cm³/mol. The molecule has 5 saturated heterocycles. The standard InChI is InChI=1S/C51H57N8O7P/c1-62-41-20-16-39(17-21-41)51(38-14-6-3-7-15-38,40-18-22-42(23-19-40)63-31-36-24-29-58(30-36)67(56-25-8-9-26-56)57-27-10-11-28-57)65-33-50-32-64-44(45(50)60)49(66-50)59-35-54-43-46(52-34-53-47(43)59)55-48(61)37-12-4-2-5-13-37/h2-7,12-23,34-36,44-45,49,60H,8-11,24-33H2,1H3,(H,52,53,55,61)/t36?,44-,45+,49-,50?,51?/m1/s1. The van der Waals surface area contributed by atoms with Crippen molar-refractivity contribution in [1.29, 1.82) is 0 Å². The highest BCUT2D eigenvalue weighted by molar-refractivity contribution is 7.50. The number of aliphatic hydroxyl groups is 1. The number of nitrogens with zero attached hydrogens (tertiary/aromatic N) is 7. The molecule has 2 N–H and O–H groups in total. The van der Waals surface area contributed by atoms with Gasteiger partial charge in [-0.25, -0.2) is 15.0 Å². The van der Waals surface area contributed by atoms with Gasteiger partial charge in [0.1, 0.15) is 49.6 Å². The molecule has 0 spiro atoms. The molecule has 0 saturated carbocycles. The zero-order chi connectivity index (χ0) is 45.4. The lowest BCUT2D eigenvalue weighted by Gasteiger charge is -2.40. The van der Waals surface area contributed by atoms with Crippen molar-refractivity contribution in [3.8, 4) is 11.5 Å². The summed E-state index contributed by atoms with van der Waals surface area (Å²) in [6, 6.07) is 35.2. The van der Waals surface area contributed by atoms with Crippen molar-refractivity contribution in [2.24, 2.45) is 5.92 Å². The van der Waals surface area contributed by atoms with Crippen molar-refractivity contribution in [3.63, 3.8) is 0 Å². The van der Waals surface area contributed by atoms with Gasteiger partial charge in [0.25, 0.3) is 5.91 Å². The first kappa shape index (κ1) is 44.2. The quantitative estimate of drug-likeness (QED) is 0.0743. The molecule has 6 aromatic rings. The first-order valence-corrected chi connectivity index (χ1v) is 24.8. The lowest BCUT2D eigenvalue weighted by Crippen LogP contribution is -2.48. The molecule has 6 atom stereocenters. The summed E-state index contributed by atoms with van der Waals surface area (Å²) < 4.78 is 42.7. The number of ether oxygens (including phenoxy) is 5. The summed E-state index contributed by atoms with van der Waals surface area (Å²) in [7, 11) is 1.26. The molecule has 0 radical (unpaired) electrons. The predicted octanol–water partition coefficient (Wildman–Crippen LogP) is 7.24. The number of aliphatic hydroxyl groups excluding tert-OH is 1. The summed E-state index contributed by atoms with van der Waals surface area (Å²) in [5.74, 6) is 1.93. The van der Waals surface area contributed by atoms with Gasteiger partial charge in [0.15, 0.2) is 23.2 Å². The Balaban J connectivity index is 0.848. The number of anilines is 1. The van der Waals surface area contributed by atoms with Crippen LogP contribution in [0.2, 0.25) is 0 Å². The molecule has 16 heteroatoms. The number of methoxy groups -OCH3 is 1. The molecule has 2 bridgehead atoms. The van der Waals surface area contributed by atoms with Crippen molar-refractivity contribution in [1.82, 2.24) is 33.5 Å². The van der Waals surface area contributed by atoms with Gasteiger partial charge in [-0.2, -0.15) is 0 Å². The molecule has 3 unspecified atom stereocenters. The van der Waals surface area contributed by atoms with E-state index in [1.807, 2.05) is 60.7 Å². The third-order valence-corrected chi connectivity index (χ3v) is 16.7. The van der Waals surface area contributed by atoms with E-state index in [1.165, 1.54) is 58.2 Å². The van der Waals surface area contributed by atoms with Crippen LogP contribution in [0.4, 0.5) is 5.82 Å². The molecule has 2 aromatic heterocycles. The van der Waals surface area contributed by atoms with Crippen molar-refractivity contribution in [3.05, 3.63) is 144 Å². The van der Waals surface area contributed by atoms with Crippen LogP contribution in [0.3, 0.4) is 0 Å². The number of hydrogen-bond donors (Lipinski definition) is 2. The number of aromatic nitrogens is 4. The highest BCUT2D eigenvalue weighted by atomic mass is 31.2. The largest absolute Gasteiger partial charge is 0.497 e. The van der Waals surface area contributed by atoms with Gasteiger partial charge in [-0.3, -0.25) is 23.4 Å².